The number of hydrogen-bond acceptors (Lipinski definition) is 1. The van der Waals surface area contributed by atoms with Gasteiger partial charge < -0.3 is 11.1 Å². The van der Waals surface area contributed by atoms with Crippen LogP contribution < -0.4 is 11.1 Å². The molecule has 0 amide bonds. The molecular formula is C9H11BrClN3. The molecule has 0 aliphatic carbocycles. The molecule has 1 aromatic rings. The normalized spacial score (nSPS) is 11.6. The zero-order chi connectivity index (χ0) is 10.7. The molecule has 5 heteroatoms. The van der Waals surface area contributed by atoms with Crippen LogP contribution >= 0.6 is 27.5 Å². The van der Waals surface area contributed by atoms with Crippen LogP contribution in [0.1, 0.15) is 5.56 Å². The number of aliphatic imine (C=N–C) groups is 1. The third-order valence-electron chi connectivity index (χ3n) is 1.75. The van der Waals surface area contributed by atoms with Crippen molar-refractivity contribution in [3.05, 3.63) is 27.2 Å². The largest absolute Gasteiger partial charge is 0.370 e. The number of benzene rings is 1. The SMILES string of the molecule is CN=C(N)Nc1cc(Cl)c(C)cc1Br. The van der Waals surface area contributed by atoms with Crippen LogP contribution in [0.25, 0.3) is 0 Å². The summed E-state index contributed by atoms with van der Waals surface area (Å²) in [7, 11) is 1.62. The highest BCUT2D eigenvalue weighted by molar-refractivity contribution is 9.10. The van der Waals surface area contributed by atoms with Crippen molar-refractivity contribution in [1.29, 1.82) is 0 Å². The smallest absolute Gasteiger partial charge is 0.192 e. The first kappa shape index (κ1) is 11.3. The molecule has 0 saturated carbocycles. The van der Waals surface area contributed by atoms with Crippen LogP contribution in [0.15, 0.2) is 21.6 Å². The van der Waals surface area contributed by atoms with Gasteiger partial charge >= 0.3 is 0 Å². The summed E-state index contributed by atoms with van der Waals surface area (Å²) in [5.74, 6) is 0.352. The maximum Gasteiger partial charge on any atom is 0.192 e. The van der Waals surface area contributed by atoms with Crippen molar-refractivity contribution >= 4 is 39.2 Å². The molecule has 0 spiro atoms. The lowest BCUT2D eigenvalue weighted by molar-refractivity contribution is 1.37. The molecule has 3 nitrogen and oxygen atoms in total. The third kappa shape index (κ3) is 2.62. The second kappa shape index (κ2) is 4.66. The summed E-state index contributed by atoms with van der Waals surface area (Å²) in [4.78, 5) is 3.80. The van der Waals surface area contributed by atoms with Crippen molar-refractivity contribution in [2.75, 3.05) is 12.4 Å². The van der Waals surface area contributed by atoms with Crippen LogP contribution in [0.2, 0.25) is 5.02 Å². The van der Waals surface area contributed by atoms with Gasteiger partial charge in [0.05, 0.1) is 5.69 Å². The Hall–Kier alpha value is -0.740. The van der Waals surface area contributed by atoms with E-state index in [0.29, 0.717) is 11.0 Å². The zero-order valence-corrected chi connectivity index (χ0v) is 10.3. The Balaban J connectivity index is 3.04. The summed E-state index contributed by atoms with van der Waals surface area (Å²) in [6, 6.07) is 3.73. The Morgan fingerprint density at radius 2 is 2.21 bits per heavy atom. The van der Waals surface area contributed by atoms with Gasteiger partial charge in [0.25, 0.3) is 0 Å². The number of nitrogens with zero attached hydrogens (tertiary/aromatic N) is 1. The molecule has 1 aromatic carbocycles. The monoisotopic (exact) mass is 275 g/mol. The van der Waals surface area contributed by atoms with Gasteiger partial charge in [-0.3, -0.25) is 4.99 Å². The Morgan fingerprint density at radius 3 is 2.79 bits per heavy atom. The Morgan fingerprint density at radius 1 is 1.57 bits per heavy atom. The van der Waals surface area contributed by atoms with Gasteiger partial charge in [-0.1, -0.05) is 11.6 Å². The van der Waals surface area contributed by atoms with Gasteiger partial charge in [0.1, 0.15) is 0 Å². The summed E-state index contributed by atoms with van der Waals surface area (Å²) in [6.07, 6.45) is 0. The molecule has 0 saturated heterocycles. The topological polar surface area (TPSA) is 50.4 Å². The Bertz CT molecular complexity index is 377. The molecule has 76 valence electrons. The van der Waals surface area contributed by atoms with E-state index in [0.717, 1.165) is 15.7 Å². The summed E-state index contributed by atoms with van der Waals surface area (Å²) >= 11 is 9.38. The number of anilines is 1. The summed E-state index contributed by atoms with van der Waals surface area (Å²) < 4.78 is 0.908. The second-order valence-electron chi connectivity index (χ2n) is 2.82. The Labute approximate surface area is 96.5 Å². The van der Waals surface area contributed by atoms with Gasteiger partial charge in [-0.05, 0) is 40.5 Å². The first-order valence-corrected chi connectivity index (χ1v) is 5.16. The minimum absolute atomic E-state index is 0.352. The molecule has 0 atom stereocenters. The van der Waals surface area contributed by atoms with Crippen LogP contribution in [0.3, 0.4) is 0 Å². The van der Waals surface area contributed by atoms with E-state index in [9.17, 15) is 0 Å². The number of nitrogens with one attached hydrogen (secondary N) is 1. The maximum atomic E-state index is 5.97. The molecule has 0 aromatic heterocycles. The average molecular weight is 277 g/mol. The number of guanidine groups is 1. The third-order valence-corrected chi connectivity index (χ3v) is 2.82. The van der Waals surface area contributed by atoms with Crippen molar-refractivity contribution < 1.29 is 0 Å². The number of hydrogen-bond donors (Lipinski definition) is 2. The highest BCUT2D eigenvalue weighted by atomic mass is 79.9. The summed E-state index contributed by atoms with van der Waals surface area (Å²) in [6.45, 7) is 1.94. The van der Waals surface area contributed by atoms with Crippen molar-refractivity contribution in [2.24, 2.45) is 10.7 Å². The first-order valence-electron chi connectivity index (χ1n) is 3.99. The van der Waals surface area contributed by atoms with Gasteiger partial charge in [-0.2, -0.15) is 0 Å². The van der Waals surface area contributed by atoms with Crippen LogP contribution in [0.4, 0.5) is 5.69 Å². The van der Waals surface area contributed by atoms with Crippen LogP contribution in [-0.2, 0) is 0 Å². The molecule has 0 heterocycles. The fourth-order valence-corrected chi connectivity index (χ4v) is 1.66. The lowest BCUT2D eigenvalue weighted by Crippen LogP contribution is -2.22. The predicted octanol–water partition coefficient (Wildman–Crippen LogP) is 2.77. The average Bonchev–Trinajstić information content (AvgIpc) is 2.14. The van der Waals surface area contributed by atoms with E-state index < -0.39 is 0 Å². The molecule has 0 unspecified atom stereocenters. The summed E-state index contributed by atoms with van der Waals surface area (Å²) in [5, 5.41) is 3.62. The van der Waals surface area contributed by atoms with Gasteiger partial charge in [0, 0.05) is 16.5 Å². The molecule has 0 aliphatic heterocycles. The number of nitrogens with two attached hydrogens (primary N) is 1. The molecule has 0 radical (unpaired) electrons. The number of rotatable bonds is 1. The fourth-order valence-electron chi connectivity index (χ4n) is 0.936. The lowest BCUT2D eigenvalue weighted by Gasteiger charge is -2.09. The molecular weight excluding hydrogens is 265 g/mol. The van der Waals surface area contributed by atoms with Gasteiger partial charge in [-0.25, -0.2) is 0 Å². The molecule has 1 rings (SSSR count). The zero-order valence-electron chi connectivity index (χ0n) is 7.94. The molecule has 0 bridgehead atoms. The highest BCUT2D eigenvalue weighted by Crippen LogP contribution is 2.28. The lowest BCUT2D eigenvalue weighted by atomic mass is 10.2. The first-order chi connectivity index (χ1) is 6.54. The molecule has 0 fully saturated rings. The molecule has 14 heavy (non-hydrogen) atoms. The second-order valence-corrected chi connectivity index (χ2v) is 4.08. The summed E-state index contributed by atoms with van der Waals surface area (Å²) in [5.41, 5.74) is 7.36. The van der Waals surface area contributed by atoms with E-state index in [2.05, 4.69) is 26.2 Å². The predicted molar refractivity (Wildman–Crippen MR) is 65.1 cm³/mol. The molecule has 3 N–H and O–H groups in total. The van der Waals surface area contributed by atoms with E-state index in [-0.39, 0.29) is 0 Å². The van der Waals surface area contributed by atoms with Crippen LogP contribution in [-0.4, -0.2) is 13.0 Å². The highest BCUT2D eigenvalue weighted by Gasteiger charge is 2.04. The minimum atomic E-state index is 0.352. The van der Waals surface area contributed by atoms with E-state index in [4.69, 9.17) is 17.3 Å². The molecule has 0 aliphatic rings. The van der Waals surface area contributed by atoms with E-state index in [1.165, 1.54) is 0 Å². The number of aryl methyl sites for hydroxylation is 1. The van der Waals surface area contributed by atoms with Gasteiger partial charge in [0.2, 0.25) is 0 Å². The van der Waals surface area contributed by atoms with Crippen molar-refractivity contribution in [1.82, 2.24) is 0 Å². The van der Waals surface area contributed by atoms with Gasteiger partial charge in [-0.15, -0.1) is 0 Å². The van der Waals surface area contributed by atoms with Crippen molar-refractivity contribution in [3.63, 3.8) is 0 Å². The van der Waals surface area contributed by atoms with Crippen LogP contribution in [0.5, 0.6) is 0 Å². The fraction of sp³-hybridized carbons (Fsp3) is 0.222. The van der Waals surface area contributed by atoms with E-state index >= 15 is 0 Å². The Kier molecular flexibility index (Phi) is 3.77. The standard InChI is InChI=1S/C9H11BrClN3/c1-5-3-6(10)8(4-7(5)11)14-9(12)13-2/h3-4H,1-2H3,(H3,12,13,14). The van der Waals surface area contributed by atoms with E-state index in [1.54, 1.807) is 13.1 Å². The van der Waals surface area contributed by atoms with Gasteiger partial charge in [0.15, 0.2) is 5.96 Å². The van der Waals surface area contributed by atoms with E-state index in [1.807, 2.05) is 13.0 Å². The van der Waals surface area contributed by atoms with Crippen molar-refractivity contribution in [2.45, 2.75) is 6.92 Å². The number of halogens is 2. The minimum Gasteiger partial charge on any atom is -0.370 e. The quantitative estimate of drug-likeness (QED) is 0.612. The maximum absolute atomic E-state index is 5.97. The van der Waals surface area contributed by atoms with Crippen molar-refractivity contribution in [3.8, 4) is 0 Å². The van der Waals surface area contributed by atoms with Crippen LogP contribution in [0, 0.1) is 6.92 Å².